The fraction of sp³-hybridized carbons (Fsp3) is 0.833. The Balaban J connectivity index is 3.29. The molecule has 0 aliphatic carbocycles. The van der Waals surface area contributed by atoms with Crippen molar-refractivity contribution < 1.29 is 13.6 Å². The van der Waals surface area contributed by atoms with Crippen molar-refractivity contribution >= 4 is 14.4 Å². The van der Waals surface area contributed by atoms with Gasteiger partial charge in [0, 0.05) is 13.0 Å². The van der Waals surface area contributed by atoms with Gasteiger partial charge in [0.1, 0.15) is 0 Å². The van der Waals surface area contributed by atoms with Gasteiger partial charge in [-0.25, -0.2) is 0 Å². The first-order valence-electron chi connectivity index (χ1n) is 3.24. The molecule has 0 fully saturated rings. The van der Waals surface area contributed by atoms with E-state index < -0.39 is 8.41 Å². The number of carbonyl (C=O) groups excluding carboxylic acids is 1. The molecular formula is C6H13FO2Si. The topological polar surface area (TPSA) is 26.3 Å². The number of rotatable bonds is 3. The molecule has 2 nitrogen and oxygen atoms in total. The monoisotopic (exact) mass is 164 g/mol. The molecule has 0 amide bonds. The zero-order valence-corrected chi connectivity index (χ0v) is 7.61. The third-order valence-electron chi connectivity index (χ3n) is 1.00. The van der Waals surface area contributed by atoms with Gasteiger partial charge in [0.2, 0.25) is 8.41 Å². The average molecular weight is 164 g/mol. The van der Waals surface area contributed by atoms with Gasteiger partial charge >= 0.3 is 5.97 Å². The summed E-state index contributed by atoms with van der Waals surface area (Å²) in [5, 5.41) is 0. The van der Waals surface area contributed by atoms with E-state index in [2.05, 4.69) is 4.74 Å². The minimum absolute atomic E-state index is 0.227. The Kier molecular flexibility index (Phi) is 3.56. The molecular weight excluding hydrogens is 151 g/mol. The molecule has 0 aromatic carbocycles. The van der Waals surface area contributed by atoms with Crippen LogP contribution in [0.5, 0.6) is 0 Å². The highest BCUT2D eigenvalue weighted by molar-refractivity contribution is 6.70. The zero-order chi connectivity index (χ0) is 8.20. The Labute approximate surface area is 61.6 Å². The molecule has 0 rings (SSSR count). The number of carbonyl (C=O) groups is 1. The van der Waals surface area contributed by atoms with Crippen LogP contribution in [0, 0.1) is 0 Å². The Morgan fingerprint density at radius 1 is 1.60 bits per heavy atom. The fourth-order valence-corrected chi connectivity index (χ4v) is 1.02. The van der Waals surface area contributed by atoms with Crippen LogP contribution in [0.15, 0.2) is 0 Å². The van der Waals surface area contributed by atoms with Crippen molar-refractivity contribution in [2.45, 2.75) is 26.1 Å². The molecule has 0 aliphatic heterocycles. The molecule has 0 aromatic heterocycles. The summed E-state index contributed by atoms with van der Waals surface area (Å²) >= 11 is 0. The maximum absolute atomic E-state index is 12.8. The summed E-state index contributed by atoms with van der Waals surface area (Å²) in [6, 6.07) is 0.395. The normalized spacial score (nSPS) is 11.2. The van der Waals surface area contributed by atoms with E-state index >= 15 is 0 Å². The fourth-order valence-electron chi connectivity index (χ4n) is 0.437. The molecule has 0 saturated carbocycles. The standard InChI is InChI=1S/C6H13FO2Si/c1-6(8)9-4-5-10(2,3)7/h4-5H2,1-3H3. The van der Waals surface area contributed by atoms with Gasteiger partial charge in [0.25, 0.3) is 0 Å². The van der Waals surface area contributed by atoms with E-state index in [1.54, 1.807) is 13.1 Å². The first-order valence-corrected chi connectivity index (χ1v) is 6.32. The van der Waals surface area contributed by atoms with Gasteiger partial charge in [0.05, 0.1) is 6.61 Å². The predicted molar refractivity (Wildman–Crippen MR) is 40.0 cm³/mol. The zero-order valence-electron chi connectivity index (χ0n) is 6.61. The molecule has 0 spiro atoms. The van der Waals surface area contributed by atoms with Crippen LogP contribution in [0.1, 0.15) is 6.92 Å². The molecule has 0 aromatic rings. The van der Waals surface area contributed by atoms with E-state index in [-0.39, 0.29) is 12.6 Å². The smallest absolute Gasteiger partial charge is 0.302 e. The Morgan fingerprint density at radius 3 is 2.40 bits per heavy atom. The second kappa shape index (κ2) is 3.70. The van der Waals surface area contributed by atoms with E-state index in [9.17, 15) is 8.90 Å². The average Bonchev–Trinajstić information content (AvgIpc) is 1.59. The van der Waals surface area contributed by atoms with E-state index in [1.165, 1.54) is 6.92 Å². The van der Waals surface area contributed by atoms with Crippen LogP contribution in [-0.4, -0.2) is 21.0 Å². The first kappa shape index (κ1) is 9.62. The summed E-state index contributed by atoms with van der Waals surface area (Å²) in [4.78, 5) is 10.2. The maximum atomic E-state index is 12.8. The van der Waals surface area contributed by atoms with Crippen molar-refractivity contribution in [3.8, 4) is 0 Å². The lowest BCUT2D eigenvalue weighted by atomic mass is 10.8. The SMILES string of the molecule is CC(=O)OCC[Si](C)(C)F. The first-order chi connectivity index (χ1) is 4.42. The quantitative estimate of drug-likeness (QED) is 0.361. The van der Waals surface area contributed by atoms with Gasteiger partial charge in [-0.1, -0.05) is 0 Å². The number of ether oxygens (including phenoxy) is 1. The second-order valence-electron chi connectivity index (χ2n) is 2.81. The van der Waals surface area contributed by atoms with Crippen molar-refractivity contribution in [2.24, 2.45) is 0 Å². The lowest BCUT2D eigenvalue weighted by molar-refractivity contribution is -0.140. The molecule has 4 heteroatoms. The molecule has 0 N–H and O–H groups in total. The number of hydrogen-bond donors (Lipinski definition) is 0. The Hall–Kier alpha value is -0.383. The van der Waals surface area contributed by atoms with Crippen LogP contribution in [-0.2, 0) is 9.53 Å². The lowest BCUT2D eigenvalue weighted by Crippen LogP contribution is -2.20. The van der Waals surface area contributed by atoms with Crippen LogP contribution in [0.3, 0.4) is 0 Å². The van der Waals surface area contributed by atoms with Crippen LogP contribution in [0.2, 0.25) is 19.1 Å². The van der Waals surface area contributed by atoms with Crippen molar-refractivity contribution in [3.05, 3.63) is 0 Å². The minimum Gasteiger partial charge on any atom is -0.466 e. The molecule has 0 heterocycles. The minimum atomic E-state index is -2.50. The molecule has 0 bridgehead atoms. The summed E-state index contributed by atoms with van der Waals surface area (Å²) in [5.41, 5.74) is 0. The highest BCUT2D eigenvalue weighted by Crippen LogP contribution is 2.09. The molecule has 10 heavy (non-hydrogen) atoms. The number of esters is 1. The van der Waals surface area contributed by atoms with Gasteiger partial charge in [-0.15, -0.1) is 0 Å². The van der Waals surface area contributed by atoms with Crippen molar-refractivity contribution in [2.75, 3.05) is 6.61 Å². The van der Waals surface area contributed by atoms with Gasteiger partial charge in [0.15, 0.2) is 0 Å². The van der Waals surface area contributed by atoms with E-state index in [0.717, 1.165) is 0 Å². The predicted octanol–water partition coefficient (Wildman–Crippen LogP) is 1.72. The highest BCUT2D eigenvalue weighted by Gasteiger charge is 2.19. The van der Waals surface area contributed by atoms with E-state index in [0.29, 0.717) is 6.04 Å². The summed E-state index contributed by atoms with van der Waals surface area (Å²) < 4.78 is 17.4. The third kappa shape index (κ3) is 7.62. The van der Waals surface area contributed by atoms with Crippen LogP contribution >= 0.6 is 0 Å². The van der Waals surface area contributed by atoms with Gasteiger partial charge in [-0.05, 0) is 13.1 Å². The molecule has 60 valence electrons. The lowest BCUT2D eigenvalue weighted by Gasteiger charge is -2.09. The van der Waals surface area contributed by atoms with Crippen molar-refractivity contribution in [1.29, 1.82) is 0 Å². The number of hydrogen-bond acceptors (Lipinski definition) is 2. The van der Waals surface area contributed by atoms with Gasteiger partial charge in [-0.3, -0.25) is 4.79 Å². The van der Waals surface area contributed by atoms with Crippen LogP contribution in [0.4, 0.5) is 4.11 Å². The largest absolute Gasteiger partial charge is 0.466 e. The molecule has 0 unspecified atom stereocenters. The highest BCUT2D eigenvalue weighted by atomic mass is 28.4. The molecule has 0 aliphatic rings. The Morgan fingerprint density at radius 2 is 2.10 bits per heavy atom. The number of halogens is 1. The van der Waals surface area contributed by atoms with Crippen molar-refractivity contribution in [1.82, 2.24) is 0 Å². The molecule has 0 atom stereocenters. The maximum Gasteiger partial charge on any atom is 0.302 e. The summed E-state index contributed by atoms with van der Waals surface area (Å²) in [7, 11) is -2.50. The summed E-state index contributed by atoms with van der Waals surface area (Å²) in [6.07, 6.45) is 0. The van der Waals surface area contributed by atoms with Crippen molar-refractivity contribution in [3.63, 3.8) is 0 Å². The van der Waals surface area contributed by atoms with E-state index in [4.69, 9.17) is 0 Å². The van der Waals surface area contributed by atoms with Gasteiger partial charge in [-0.2, -0.15) is 0 Å². The summed E-state index contributed by atoms with van der Waals surface area (Å²) in [6.45, 7) is 4.74. The second-order valence-corrected chi connectivity index (χ2v) is 6.75. The van der Waals surface area contributed by atoms with E-state index in [1.807, 2.05) is 0 Å². The third-order valence-corrected chi connectivity index (χ3v) is 2.39. The van der Waals surface area contributed by atoms with Crippen LogP contribution < -0.4 is 0 Å². The molecule has 0 saturated heterocycles. The Bertz CT molecular complexity index is 119. The van der Waals surface area contributed by atoms with Gasteiger partial charge < -0.3 is 8.84 Å². The molecule has 0 radical (unpaired) electrons. The summed E-state index contributed by atoms with van der Waals surface area (Å²) in [5.74, 6) is -0.335. The van der Waals surface area contributed by atoms with Crippen LogP contribution in [0.25, 0.3) is 0 Å².